The molecule has 0 radical (unpaired) electrons. The fourth-order valence-electron chi connectivity index (χ4n) is 5.04. The Morgan fingerprint density at radius 1 is 1.17 bits per heavy atom. The number of oxazole rings is 1. The third-order valence-corrected chi connectivity index (χ3v) is 7.62. The molecular weight excluding hydrogens is 471 g/mol. The summed E-state index contributed by atoms with van der Waals surface area (Å²) in [6, 6.07) is 9.87. The van der Waals surface area contributed by atoms with Gasteiger partial charge >= 0.3 is 0 Å². The number of halogens is 2. The van der Waals surface area contributed by atoms with Crippen LogP contribution in [0.5, 0.6) is 0 Å². The fraction of sp³-hybridized carbons (Fsp3) is 0.385. The summed E-state index contributed by atoms with van der Waals surface area (Å²) in [5.41, 5.74) is 1.21. The lowest BCUT2D eigenvalue weighted by Crippen LogP contribution is -2.55. The zero-order chi connectivity index (χ0) is 23.9. The van der Waals surface area contributed by atoms with Crippen LogP contribution in [0.15, 0.2) is 45.8 Å². The highest BCUT2D eigenvalue weighted by Gasteiger charge is 2.58. The first-order chi connectivity index (χ1) is 16.9. The highest BCUT2D eigenvalue weighted by molar-refractivity contribution is 6.31. The number of rotatable bonds is 5. The van der Waals surface area contributed by atoms with Crippen molar-refractivity contribution in [2.24, 2.45) is 16.8 Å². The maximum absolute atomic E-state index is 15.4. The molecule has 0 N–H and O–H groups in total. The molecule has 3 aromatic rings. The summed E-state index contributed by atoms with van der Waals surface area (Å²) in [5.74, 6) is 0.728. The van der Waals surface area contributed by atoms with Gasteiger partial charge in [0.25, 0.3) is 5.91 Å². The van der Waals surface area contributed by atoms with Crippen LogP contribution < -0.4 is 0 Å². The predicted molar refractivity (Wildman–Crippen MR) is 127 cm³/mol. The van der Waals surface area contributed by atoms with E-state index in [1.807, 2.05) is 4.90 Å². The van der Waals surface area contributed by atoms with Gasteiger partial charge in [0.1, 0.15) is 22.7 Å². The molecule has 0 bridgehead atoms. The van der Waals surface area contributed by atoms with Gasteiger partial charge in [-0.05, 0) is 56.0 Å². The van der Waals surface area contributed by atoms with E-state index >= 15 is 4.39 Å². The summed E-state index contributed by atoms with van der Waals surface area (Å²) in [4.78, 5) is 38.1. The first kappa shape index (κ1) is 21.1. The van der Waals surface area contributed by atoms with Crippen LogP contribution in [0.3, 0.4) is 0 Å². The van der Waals surface area contributed by atoms with Crippen LogP contribution in [0.4, 0.5) is 4.39 Å². The summed E-state index contributed by atoms with van der Waals surface area (Å²) in [7, 11) is 0. The van der Waals surface area contributed by atoms with E-state index in [0.717, 1.165) is 12.8 Å². The summed E-state index contributed by atoms with van der Waals surface area (Å²) >= 11 is 6.02. The monoisotopic (exact) mass is 492 g/mol. The molecule has 2 amide bonds. The van der Waals surface area contributed by atoms with Crippen LogP contribution in [0.1, 0.15) is 31.2 Å². The van der Waals surface area contributed by atoms with Crippen molar-refractivity contribution in [1.29, 1.82) is 0 Å². The van der Waals surface area contributed by atoms with E-state index < -0.39 is 11.4 Å². The Kier molecular flexibility index (Phi) is 4.43. The molecule has 35 heavy (non-hydrogen) atoms. The standard InChI is InChI=1S/C26H22ClFN4O3/c27-17-4-6-20-21(10-17)35-23(29-20)16-3-5-18(19(28)9-16)22-30-26(7-8-26)25(34)32(22)13-14-11-31(12-14)24(33)15-1-2-15/h3-6,9-10,14-15H,1-2,7-8,11-13H2. The van der Waals surface area contributed by atoms with Crippen LogP contribution in [-0.4, -0.2) is 57.6 Å². The molecule has 3 fully saturated rings. The maximum atomic E-state index is 15.4. The molecule has 2 aliphatic carbocycles. The second-order valence-corrected chi connectivity index (χ2v) is 10.5. The number of aliphatic imine (C=N–C) groups is 1. The van der Waals surface area contributed by atoms with Gasteiger partial charge in [0, 0.05) is 48.1 Å². The normalized spacial score (nSPS) is 21.1. The number of carbonyl (C=O) groups excluding carboxylic acids is 2. The van der Waals surface area contributed by atoms with Crippen molar-refractivity contribution in [1.82, 2.24) is 14.8 Å². The lowest BCUT2D eigenvalue weighted by Gasteiger charge is -2.41. The van der Waals surface area contributed by atoms with E-state index in [1.54, 1.807) is 35.2 Å². The zero-order valence-corrected chi connectivity index (χ0v) is 19.6. The highest BCUT2D eigenvalue weighted by Crippen LogP contribution is 2.46. The third kappa shape index (κ3) is 3.45. The first-order valence-corrected chi connectivity index (χ1v) is 12.3. The van der Waals surface area contributed by atoms with Crippen LogP contribution in [0.2, 0.25) is 5.02 Å². The summed E-state index contributed by atoms with van der Waals surface area (Å²) in [6.07, 6.45) is 3.34. The largest absolute Gasteiger partial charge is 0.436 e. The Morgan fingerprint density at radius 3 is 2.69 bits per heavy atom. The van der Waals surface area contributed by atoms with Gasteiger partial charge in [-0.1, -0.05) is 11.6 Å². The van der Waals surface area contributed by atoms with E-state index in [-0.39, 0.29) is 29.2 Å². The fourth-order valence-corrected chi connectivity index (χ4v) is 5.20. The zero-order valence-electron chi connectivity index (χ0n) is 18.8. The number of likely N-dealkylation sites (tertiary alicyclic amines) is 1. The Morgan fingerprint density at radius 2 is 1.97 bits per heavy atom. The molecule has 0 unspecified atom stereocenters. The summed E-state index contributed by atoms with van der Waals surface area (Å²) in [6.45, 7) is 1.73. The SMILES string of the molecule is O=C(C1CC1)N1CC(CN2C(=O)C3(CC3)N=C2c2ccc(-c3nc4ccc(Cl)cc4o3)cc2F)C1. The molecule has 1 spiro atoms. The lowest BCUT2D eigenvalue weighted by atomic mass is 9.98. The summed E-state index contributed by atoms with van der Waals surface area (Å²) < 4.78 is 21.2. The molecule has 1 aromatic heterocycles. The van der Waals surface area contributed by atoms with Gasteiger partial charge in [0.15, 0.2) is 5.58 Å². The molecule has 1 saturated heterocycles. The molecule has 0 atom stereocenters. The van der Waals surface area contributed by atoms with Crippen LogP contribution >= 0.6 is 11.6 Å². The first-order valence-electron chi connectivity index (χ1n) is 12.0. The molecule has 178 valence electrons. The van der Waals surface area contributed by atoms with Crippen LogP contribution in [0.25, 0.3) is 22.6 Å². The van der Waals surface area contributed by atoms with E-state index in [1.165, 1.54) is 6.07 Å². The molecule has 7 rings (SSSR count). The van der Waals surface area contributed by atoms with E-state index in [4.69, 9.17) is 21.0 Å². The Labute approximate surface area is 205 Å². The van der Waals surface area contributed by atoms with Gasteiger partial charge in [-0.3, -0.25) is 19.5 Å². The van der Waals surface area contributed by atoms with E-state index in [0.29, 0.717) is 65.9 Å². The van der Waals surface area contributed by atoms with E-state index in [2.05, 4.69) is 4.98 Å². The average molecular weight is 493 g/mol. The lowest BCUT2D eigenvalue weighted by molar-refractivity contribution is -0.139. The van der Waals surface area contributed by atoms with E-state index in [9.17, 15) is 9.59 Å². The quantitative estimate of drug-likeness (QED) is 0.532. The van der Waals surface area contributed by atoms with Crippen LogP contribution in [0, 0.1) is 17.7 Å². The van der Waals surface area contributed by atoms with Gasteiger partial charge < -0.3 is 9.32 Å². The van der Waals surface area contributed by atoms with Gasteiger partial charge in [0.05, 0.1) is 5.56 Å². The Bertz CT molecular complexity index is 1440. The predicted octanol–water partition coefficient (Wildman–Crippen LogP) is 4.28. The van der Waals surface area contributed by atoms with Crippen molar-refractivity contribution in [2.45, 2.75) is 31.2 Å². The number of carbonyl (C=O) groups is 2. The minimum Gasteiger partial charge on any atom is -0.436 e. The third-order valence-electron chi connectivity index (χ3n) is 7.39. The molecule has 3 heterocycles. The minimum absolute atomic E-state index is 0.0567. The number of amides is 2. The molecule has 2 aromatic carbocycles. The summed E-state index contributed by atoms with van der Waals surface area (Å²) in [5, 5.41) is 0.534. The van der Waals surface area contributed by atoms with Crippen molar-refractivity contribution in [2.75, 3.05) is 19.6 Å². The number of nitrogens with zero attached hydrogens (tertiary/aromatic N) is 4. The van der Waals surface area contributed by atoms with Crippen molar-refractivity contribution in [3.8, 4) is 11.5 Å². The average Bonchev–Trinajstić information content (AvgIpc) is 3.73. The molecule has 2 aliphatic heterocycles. The second-order valence-electron chi connectivity index (χ2n) is 10.1. The van der Waals surface area contributed by atoms with Crippen molar-refractivity contribution in [3.05, 3.63) is 52.8 Å². The molecular formula is C26H22ClFN4O3. The van der Waals surface area contributed by atoms with Crippen molar-refractivity contribution >= 4 is 40.4 Å². The second kappa shape index (κ2) is 7.37. The molecule has 2 saturated carbocycles. The van der Waals surface area contributed by atoms with Crippen LogP contribution in [-0.2, 0) is 9.59 Å². The van der Waals surface area contributed by atoms with Crippen molar-refractivity contribution < 1.29 is 18.4 Å². The number of benzene rings is 2. The number of amidine groups is 1. The minimum atomic E-state index is -0.729. The highest BCUT2D eigenvalue weighted by atomic mass is 35.5. The Balaban J connectivity index is 1.14. The Hall–Kier alpha value is -3.26. The number of hydrogen-bond acceptors (Lipinski definition) is 5. The van der Waals surface area contributed by atoms with Gasteiger partial charge in [-0.25, -0.2) is 9.37 Å². The van der Waals surface area contributed by atoms with Crippen molar-refractivity contribution in [3.63, 3.8) is 0 Å². The number of aromatic nitrogens is 1. The number of fused-ring (bicyclic) bond motifs is 1. The molecule has 4 aliphatic rings. The van der Waals surface area contributed by atoms with Gasteiger partial charge in [-0.15, -0.1) is 0 Å². The van der Waals surface area contributed by atoms with Gasteiger partial charge in [-0.2, -0.15) is 0 Å². The smallest absolute Gasteiger partial charge is 0.256 e. The molecule has 9 heteroatoms. The topological polar surface area (TPSA) is 79.0 Å². The van der Waals surface area contributed by atoms with Gasteiger partial charge in [0.2, 0.25) is 11.8 Å². The maximum Gasteiger partial charge on any atom is 0.256 e. The number of hydrogen-bond donors (Lipinski definition) is 0. The molecule has 7 nitrogen and oxygen atoms in total.